The van der Waals surface area contributed by atoms with Crippen LogP contribution in [0.4, 0.5) is 0 Å². The molecule has 1 saturated carbocycles. The maximum Gasteiger partial charge on any atom is 0.0309 e. The van der Waals surface area contributed by atoms with Crippen LogP contribution >= 0.6 is 0 Å². The van der Waals surface area contributed by atoms with Crippen LogP contribution < -0.4 is 5.32 Å². The van der Waals surface area contributed by atoms with Gasteiger partial charge >= 0.3 is 0 Å². The molecule has 0 amide bonds. The molecule has 106 valence electrons. The van der Waals surface area contributed by atoms with Crippen LogP contribution in [0.2, 0.25) is 0 Å². The van der Waals surface area contributed by atoms with Crippen molar-refractivity contribution in [1.29, 1.82) is 0 Å². The first-order valence-corrected chi connectivity index (χ1v) is 8.29. The molecule has 18 heavy (non-hydrogen) atoms. The Kier molecular flexibility index (Phi) is 5.50. The Labute approximate surface area is 114 Å². The van der Waals surface area contributed by atoms with E-state index in [0.29, 0.717) is 5.54 Å². The Morgan fingerprint density at radius 1 is 1.11 bits per heavy atom. The molecule has 0 spiro atoms. The lowest BCUT2D eigenvalue weighted by Crippen LogP contribution is -2.52. The van der Waals surface area contributed by atoms with Crippen molar-refractivity contribution in [1.82, 2.24) is 10.2 Å². The number of hydrogen-bond acceptors (Lipinski definition) is 2. The van der Waals surface area contributed by atoms with Crippen LogP contribution in [0.25, 0.3) is 0 Å². The largest absolute Gasteiger partial charge is 0.310 e. The van der Waals surface area contributed by atoms with E-state index in [0.717, 1.165) is 6.04 Å². The Bertz CT molecular complexity index is 227. The van der Waals surface area contributed by atoms with Crippen LogP contribution in [0.15, 0.2) is 0 Å². The third kappa shape index (κ3) is 3.48. The van der Waals surface area contributed by atoms with Gasteiger partial charge in [0.15, 0.2) is 0 Å². The SMILES string of the molecule is CCCC1(CN(CC)C2CCCCC2)CCCN1. The minimum atomic E-state index is 0.447. The molecule has 0 aromatic heterocycles. The van der Waals surface area contributed by atoms with Crippen LogP contribution in [-0.4, -0.2) is 36.1 Å². The molecule has 0 aromatic carbocycles. The lowest BCUT2D eigenvalue weighted by molar-refractivity contribution is 0.116. The lowest BCUT2D eigenvalue weighted by atomic mass is 9.88. The Morgan fingerprint density at radius 2 is 1.89 bits per heavy atom. The fourth-order valence-corrected chi connectivity index (χ4v) is 4.11. The second-order valence-corrected chi connectivity index (χ2v) is 6.42. The maximum absolute atomic E-state index is 3.83. The van der Waals surface area contributed by atoms with E-state index in [2.05, 4.69) is 24.1 Å². The van der Waals surface area contributed by atoms with Crippen molar-refractivity contribution in [3.8, 4) is 0 Å². The highest BCUT2D eigenvalue weighted by molar-refractivity contribution is 4.96. The third-order valence-corrected chi connectivity index (χ3v) is 5.06. The molecule has 1 N–H and O–H groups in total. The molecule has 2 aliphatic rings. The van der Waals surface area contributed by atoms with Gasteiger partial charge in [-0.25, -0.2) is 0 Å². The van der Waals surface area contributed by atoms with E-state index in [-0.39, 0.29) is 0 Å². The summed E-state index contributed by atoms with van der Waals surface area (Å²) in [5, 5.41) is 3.83. The summed E-state index contributed by atoms with van der Waals surface area (Å²) in [7, 11) is 0. The zero-order valence-corrected chi connectivity index (χ0v) is 12.5. The fraction of sp³-hybridized carbons (Fsp3) is 1.00. The van der Waals surface area contributed by atoms with Crippen molar-refractivity contribution >= 4 is 0 Å². The lowest BCUT2D eigenvalue weighted by Gasteiger charge is -2.40. The van der Waals surface area contributed by atoms with Crippen molar-refractivity contribution in [2.24, 2.45) is 0 Å². The van der Waals surface area contributed by atoms with Crippen molar-refractivity contribution in [3.63, 3.8) is 0 Å². The Hall–Kier alpha value is -0.0800. The van der Waals surface area contributed by atoms with Gasteiger partial charge in [-0.15, -0.1) is 0 Å². The van der Waals surface area contributed by atoms with Crippen molar-refractivity contribution in [2.45, 2.75) is 83.2 Å². The summed E-state index contributed by atoms with van der Waals surface area (Å²) in [6.07, 6.45) is 12.7. The van der Waals surface area contributed by atoms with Gasteiger partial charge in [0.2, 0.25) is 0 Å². The van der Waals surface area contributed by atoms with Gasteiger partial charge in [0.05, 0.1) is 0 Å². The predicted octanol–water partition coefficient (Wildman–Crippen LogP) is 3.56. The molecule has 2 nitrogen and oxygen atoms in total. The molecule has 1 aliphatic heterocycles. The molecule has 2 rings (SSSR count). The Morgan fingerprint density at radius 3 is 2.44 bits per heavy atom. The molecule has 1 atom stereocenters. The zero-order chi connectivity index (χ0) is 12.8. The number of hydrogen-bond donors (Lipinski definition) is 1. The summed E-state index contributed by atoms with van der Waals surface area (Å²) >= 11 is 0. The summed E-state index contributed by atoms with van der Waals surface area (Å²) in [6, 6.07) is 0.875. The van der Waals surface area contributed by atoms with Gasteiger partial charge < -0.3 is 5.32 Å². The topological polar surface area (TPSA) is 15.3 Å². The molecule has 0 aromatic rings. The van der Waals surface area contributed by atoms with Crippen molar-refractivity contribution < 1.29 is 0 Å². The van der Waals surface area contributed by atoms with Gasteiger partial charge in [-0.2, -0.15) is 0 Å². The third-order valence-electron chi connectivity index (χ3n) is 5.06. The predicted molar refractivity (Wildman–Crippen MR) is 79.0 cm³/mol. The molecule has 1 aliphatic carbocycles. The molecule has 2 fully saturated rings. The highest BCUT2D eigenvalue weighted by Crippen LogP contribution is 2.29. The average molecular weight is 252 g/mol. The van der Waals surface area contributed by atoms with Gasteiger partial charge in [-0.1, -0.05) is 39.5 Å². The van der Waals surface area contributed by atoms with Gasteiger partial charge in [-0.05, 0) is 45.2 Å². The second kappa shape index (κ2) is 6.91. The number of nitrogens with zero attached hydrogens (tertiary/aromatic N) is 1. The van der Waals surface area contributed by atoms with E-state index in [1.165, 1.54) is 77.4 Å². The number of rotatable bonds is 6. The summed E-state index contributed by atoms with van der Waals surface area (Å²) in [4.78, 5) is 2.78. The van der Waals surface area contributed by atoms with Gasteiger partial charge in [-0.3, -0.25) is 4.90 Å². The highest BCUT2D eigenvalue weighted by atomic mass is 15.2. The number of likely N-dealkylation sites (N-methyl/N-ethyl adjacent to an activating group) is 1. The van der Waals surface area contributed by atoms with Gasteiger partial charge in [0.1, 0.15) is 0 Å². The molecule has 1 unspecified atom stereocenters. The van der Waals surface area contributed by atoms with Gasteiger partial charge in [0, 0.05) is 18.1 Å². The van der Waals surface area contributed by atoms with Crippen LogP contribution in [0.5, 0.6) is 0 Å². The molecular weight excluding hydrogens is 220 g/mol. The van der Waals surface area contributed by atoms with Crippen LogP contribution in [0.3, 0.4) is 0 Å². The number of nitrogens with one attached hydrogen (secondary N) is 1. The van der Waals surface area contributed by atoms with E-state index in [4.69, 9.17) is 0 Å². The molecule has 2 heteroatoms. The van der Waals surface area contributed by atoms with Crippen molar-refractivity contribution in [2.75, 3.05) is 19.6 Å². The van der Waals surface area contributed by atoms with Gasteiger partial charge in [0.25, 0.3) is 0 Å². The first kappa shape index (κ1) is 14.3. The van der Waals surface area contributed by atoms with Crippen LogP contribution in [-0.2, 0) is 0 Å². The van der Waals surface area contributed by atoms with E-state index >= 15 is 0 Å². The summed E-state index contributed by atoms with van der Waals surface area (Å²) in [5.41, 5.74) is 0.447. The summed E-state index contributed by atoms with van der Waals surface area (Å²) in [6.45, 7) is 8.45. The van der Waals surface area contributed by atoms with Crippen LogP contribution in [0, 0.1) is 0 Å². The second-order valence-electron chi connectivity index (χ2n) is 6.42. The summed E-state index contributed by atoms with van der Waals surface area (Å²) < 4.78 is 0. The first-order chi connectivity index (χ1) is 8.79. The zero-order valence-electron chi connectivity index (χ0n) is 12.5. The van der Waals surface area contributed by atoms with Crippen LogP contribution in [0.1, 0.15) is 71.6 Å². The molecule has 0 bridgehead atoms. The van der Waals surface area contributed by atoms with E-state index in [1.54, 1.807) is 0 Å². The molecule has 0 radical (unpaired) electrons. The Balaban J connectivity index is 1.94. The minimum Gasteiger partial charge on any atom is -0.310 e. The molecule has 1 heterocycles. The van der Waals surface area contributed by atoms with Crippen molar-refractivity contribution in [3.05, 3.63) is 0 Å². The van der Waals surface area contributed by atoms with E-state index < -0.39 is 0 Å². The smallest absolute Gasteiger partial charge is 0.0309 e. The normalized spacial score (nSPS) is 30.2. The maximum atomic E-state index is 3.83. The monoisotopic (exact) mass is 252 g/mol. The highest BCUT2D eigenvalue weighted by Gasteiger charge is 2.35. The first-order valence-electron chi connectivity index (χ1n) is 8.29. The molecular formula is C16H32N2. The van der Waals surface area contributed by atoms with E-state index in [9.17, 15) is 0 Å². The standard InChI is InChI=1S/C16H32N2/c1-3-11-16(12-8-13-17-16)14-18(4-2)15-9-6-5-7-10-15/h15,17H,3-14H2,1-2H3. The molecule has 1 saturated heterocycles. The minimum absolute atomic E-state index is 0.447. The summed E-state index contributed by atoms with van der Waals surface area (Å²) in [5.74, 6) is 0. The average Bonchev–Trinajstić information content (AvgIpc) is 2.86. The quantitative estimate of drug-likeness (QED) is 0.777. The fourth-order valence-electron chi connectivity index (χ4n) is 4.11. The van der Waals surface area contributed by atoms with E-state index in [1.807, 2.05) is 0 Å².